The second kappa shape index (κ2) is 9.34. The number of benzene rings is 1. The highest BCUT2D eigenvalue weighted by atomic mass is 32.1. The molecule has 0 amide bonds. The van der Waals surface area contributed by atoms with Gasteiger partial charge in [0.2, 0.25) is 0 Å². The summed E-state index contributed by atoms with van der Waals surface area (Å²) < 4.78 is 7.52. The van der Waals surface area contributed by atoms with Crippen LogP contribution in [0.5, 0.6) is 0 Å². The molecule has 0 unspecified atom stereocenters. The Bertz CT molecular complexity index is 1620. The summed E-state index contributed by atoms with van der Waals surface area (Å²) in [5, 5.41) is 7.61. The number of pyridine rings is 1. The number of aromatic nitrogens is 4. The van der Waals surface area contributed by atoms with Crippen LogP contribution in [0.4, 0.5) is 5.82 Å². The van der Waals surface area contributed by atoms with E-state index < -0.39 is 0 Å². The number of rotatable bonds is 9. The molecule has 1 aromatic carbocycles. The maximum Gasteiger partial charge on any atom is 0.196 e. The molecule has 6 rings (SSSR count). The number of nitrogens with one attached hydrogen (secondary N) is 1. The maximum absolute atomic E-state index is 12.6. The second-order valence-electron chi connectivity index (χ2n) is 11.6. The molecule has 38 heavy (non-hydrogen) atoms. The minimum Gasteiger partial charge on any atom is -0.369 e. The lowest BCUT2D eigenvalue weighted by Gasteiger charge is -2.13. The summed E-state index contributed by atoms with van der Waals surface area (Å²) in [6.45, 7) is 9.46. The van der Waals surface area contributed by atoms with Crippen molar-refractivity contribution < 1.29 is 9.32 Å². The summed E-state index contributed by atoms with van der Waals surface area (Å²) in [7, 11) is 0. The first-order valence-corrected chi connectivity index (χ1v) is 14.1. The van der Waals surface area contributed by atoms with E-state index in [0.717, 1.165) is 50.3 Å². The third kappa shape index (κ3) is 4.97. The molecule has 196 valence electrons. The summed E-state index contributed by atoms with van der Waals surface area (Å²) in [6.07, 6.45) is 6.55. The van der Waals surface area contributed by atoms with Gasteiger partial charge in [0.1, 0.15) is 22.2 Å². The molecule has 4 aromatic heterocycles. The number of hydrogen-bond acceptors (Lipinski definition) is 7. The Balaban J connectivity index is 1.12. The molecule has 0 aliphatic heterocycles. The Kier molecular flexibility index (Phi) is 6.10. The Labute approximate surface area is 226 Å². The normalized spacial score (nSPS) is 14.8. The van der Waals surface area contributed by atoms with Gasteiger partial charge in [0, 0.05) is 36.2 Å². The van der Waals surface area contributed by atoms with Crippen LogP contribution in [0.3, 0.4) is 0 Å². The molecule has 0 atom stereocenters. The smallest absolute Gasteiger partial charge is 0.196 e. The lowest BCUT2D eigenvalue weighted by molar-refractivity contribution is -0.117. The van der Waals surface area contributed by atoms with Crippen molar-refractivity contribution in [3.8, 4) is 11.3 Å². The van der Waals surface area contributed by atoms with E-state index in [0.29, 0.717) is 17.5 Å². The van der Waals surface area contributed by atoms with Gasteiger partial charge in [-0.15, -0.1) is 0 Å². The zero-order chi connectivity index (χ0) is 26.5. The quantitative estimate of drug-likeness (QED) is 0.226. The van der Waals surface area contributed by atoms with Gasteiger partial charge in [0.05, 0.1) is 23.3 Å². The first-order valence-electron chi connectivity index (χ1n) is 13.3. The summed E-state index contributed by atoms with van der Waals surface area (Å²) in [5.74, 6) is 1.85. The lowest BCUT2D eigenvalue weighted by Crippen LogP contribution is -2.14. The fourth-order valence-electron chi connectivity index (χ4n) is 4.77. The van der Waals surface area contributed by atoms with E-state index in [1.54, 1.807) is 11.3 Å². The number of ketones is 1. The Morgan fingerprint density at radius 2 is 1.89 bits per heavy atom. The molecule has 0 radical (unpaired) electrons. The topological polar surface area (TPSA) is 85.3 Å². The number of imidazole rings is 1. The summed E-state index contributed by atoms with van der Waals surface area (Å²) in [5.41, 5.74) is 5.02. The SMILES string of the molecule is CCC1(CNc2ccc3c(n2)sc2nc(-c4ccc(CC(=O)Cc5cc(C(C)(C)C)on5)cc4)cn23)CC1. The molecule has 4 heterocycles. The van der Waals surface area contributed by atoms with Crippen LogP contribution in [-0.4, -0.2) is 31.9 Å². The molecular weight excluding hydrogens is 494 g/mol. The summed E-state index contributed by atoms with van der Waals surface area (Å²) in [6, 6.07) is 14.2. The van der Waals surface area contributed by atoms with Crippen molar-refractivity contribution in [1.29, 1.82) is 0 Å². The van der Waals surface area contributed by atoms with Crippen molar-refractivity contribution in [2.24, 2.45) is 5.41 Å². The number of thiazole rings is 1. The molecule has 7 nitrogen and oxygen atoms in total. The Morgan fingerprint density at radius 3 is 2.58 bits per heavy atom. The van der Waals surface area contributed by atoms with Gasteiger partial charge < -0.3 is 9.84 Å². The zero-order valence-corrected chi connectivity index (χ0v) is 23.2. The number of fused-ring (bicyclic) bond motifs is 3. The Hall–Kier alpha value is -3.52. The molecule has 8 heteroatoms. The Morgan fingerprint density at radius 1 is 1.11 bits per heavy atom. The third-order valence-electron chi connectivity index (χ3n) is 7.64. The summed E-state index contributed by atoms with van der Waals surface area (Å²) >= 11 is 1.60. The second-order valence-corrected chi connectivity index (χ2v) is 12.6. The van der Waals surface area contributed by atoms with Gasteiger partial charge >= 0.3 is 0 Å². The largest absolute Gasteiger partial charge is 0.369 e. The number of anilines is 1. The molecule has 0 saturated heterocycles. The van der Waals surface area contributed by atoms with Crippen molar-refractivity contribution in [2.45, 2.75) is 65.2 Å². The van der Waals surface area contributed by atoms with Gasteiger partial charge in [0.25, 0.3) is 0 Å². The van der Waals surface area contributed by atoms with Gasteiger partial charge in [0.15, 0.2) is 4.96 Å². The van der Waals surface area contributed by atoms with Crippen molar-refractivity contribution in [1.82, 2.24) is 19.5 Å². The third-order valence-corrected chi connectivity index (χ3v) is 8.60. The van der Waals surface area contributed by atoms with E-state index in [1.165, 1.54) is 19.3 Å². The highest BCUT2D eigenvalue weighted by Gasteiger charge is 2.40. The number of hydrogen-bond donors (Lipinski definition) is 1. The monoisotopic (exact) mass is 527 g/mol. The van der Waals surface area contributed by atoms with E-state index in [1.807, 2.05) is 30.3 Å². The van der Waals surface area contributed by atoms with Crippen LogP contribution in [0, 0.1) is 5.41 Å². The average Bonchev–Trinajstić information content (AvgIpc) is 3.16. The van der Waals surface area contributed by atoms with E-state index in [2.05, 4.69) is 60.9 Å². The van der Waals surface area contributed by atoms with Crippen LogP contribution in [-0.2, 0) is 23.1 Å². The van der Waals surface area contributed by atoms with Crippen LogP contribution >= 0.6 is 11.3 Å². The van der Waals surface area contributed by atoms with Crippen molar-refractivity contribution >= 4 is 38.2 Å². The van der Waals surface area contributed by atoms with Crippen LogP contribution < -0.4 is 5.32 Å². The molecule has 0 bridgehead atoms. The molecule has 0 spiro atoms. The predicted molar refractivity (Wildman–Crippen MR) is 152 cm³/mol. The van der Waals surface area contributed by atoms with Gasteiger partial charge in [-0.05, 0) is 42.4 Å². The molecule has 1 saturated carbocycles. The van der Waals surface area contributed by atoms with Crippen molar-refractivity contribution in [3.63, 3.8) is 0 Å². The number of carbonyl (C=O) groups excluding carboxylic acids is 1. The standard InChI is InChI=1S/C30H33N5O2S/c1-5-30(12-13-30)18-31-26-11-10-24-27(33-26)38-28-32-23(17-35(24)28)20-8-6-19(7-9-20)14-22(36)15-21-16-25(37-34-21)29(2,3)4/h6-11,16-17H,5,12-15,18H2,1-4H3,(H,31,33). The van der Waals surface area contributed by atoms with E-state index in [9.17, 15) is 4.79 Å². The van der Waals surface area contributed by atoms with E-state index in [-0.39, 0.29) is 17.6 Å². The maximum atomic E-state index is 12.6. The predicted octanol–water partition coefficient (Wildman–Crippen LogP) is 6.85. The fourth-order valence-corrected chi connectivity index (χ4v) is 5.75. The minimum absolute atomic E-state index is 0.115. The first-order chi connectivity index (χ1) is 18.2. The molecule has 5 aromatic rings. The first kappa shape index (κ1) is 24.8. The van der Waals surface area contributed by atoms with E-state index in [4.69, 9.17) is 14.5 Å². The van der Waals surface area contributed by atoms with Gasteiger partial charge in [-0.1, -0.05) is 68.5 Å². The van der Waals surface area contributed by atoms with Crippen LogP contribution in [0.2, 0.25) is 0 Å². The minimum atomic E-state index is -0.123. The number of Topliss-reactive ketones (excluding diaryl/α,β-unsaturated/α-hetero) is 1. The van der Waals surface area contributed by atoms with Crippen LogP contribution in [0.15, 0.2) is 53.2 Å². The van der Waals surface area contributed by atoms with Gasteiger partial charge in [-0.25, -0.2) is 9.97 Å². The number of nitrogens with zero attached hydrogens (tertiary/aromatic N) is 4. The summed E-state index contributed by atoms with van der Waals surface area (Å²) in [4.78, 5) is 24.2. The number of carbonyl (C=O) groups is 1. The van der Waals surface area contributed by atoms with Gasteiger partial charge in [-0.3, -0.25) is 9.20 Å². The average molecular weight is 528 g/mol. The molecular formula is C30H33N5O2S. The lowest BCUT2D eigenvalue weighted by atomic mass is 9.93. The fraction of sp³-hybridized carbons (Fsp3) is 0.400. The van der Waals surface area contributed by atoms with Gasteiger partial charge in [-0.2, -0.15) is 0 Å². The van der Waals surface area contributed by atoms with Crippen LogP contribution in [0.25, 0.3) is 26.6 Å². The van der Waals surface area contributed by atoms with Crippen LogP contribution in [0.1, 0.15) is 64.0 Å². The highest BCUT2D eigenvalue weighted by molar-refractivity contribution is 7.23. The molecule has 1 aliphatic carbocycles. The van der Waals surface area contributed by atoms with Crippen molar-refractivity contribution in [3.05, 3.63) is 65.7 Å². The highest BCUT2D eigenvalue weighted by Crippen LogP contribution is 2.48. The molecule has 1 fully saturated rings. The van der Waals surface area contributed by atoms with E-state index >= 15 is 0 Å². The zero-order valence-electron chi connectivity index (χ0n) is 22.4. The molecule has 1 aliphatic rings. The van der Waals surface area contributed by atoms with Crippen molar-refractivity contribution in [2.75, 3.05) is 11.9 Å². The molecule has 1 N–H and O–H groups in total.